The first kappa shape index (κ1) is 14.1. The van der Waals surface area contributed by atoms with E-state index < -0.39 is 12.0 Å². The van der Waals surface area contributed by atoms with Gasteiger partial charge in [-0.3, -0.25) is 0 Å². The Morgan fingerprint density at radius 1 is 1.62 bits per heavy atom. The molecule has 0 aliphatic heterocycles. The van der Waals surface area contributed by atoms with Crippen molar-refractivity contribution in [2.45, 2.75) is 19.4 Å². The number of nitrogens with zero attached hydrogens (tertiary/aromatic N) is 2. The van der Waals surface area contributed by atoms with E-state index >= 15 is 0 Å². The second kappa shape index (κ2) is 8.42. The molecule has 0 unspecified atom stereocenters. The van der Waals surface area contributed by atoms with Gasteiger partial charge in [0.05, 0.1) is 13.4 Å². The highest BCUT2D eigenvalue weighted by Crippen LogP contribution is 2.09. The second-order valence-corrected chi connectivity index (χ2v) is 2.63. The zero-order valence-corrected chi connectivity index (χ0v) is 9.16. The van der Waals surface area contributed by atoms with E-state index in [0.29, 0.717) is 5.70 Å². The third kappa shape index (κ3) is 5.76. The number of carboxylic acids is 1. The van der Waals surface area contributed by atoms with Gasteiger partial charge in [0.25, 0.3) is 0 Å². The standard InChI is InChI=1S/C9H15N3O4/c1-3-7(11-5-10)4-8(9(13)14)12-6-16-15-2/h3,5-6,8H,4H2,1-2H3,(H2,10,11)(H,13,14)/b7-3-,12-6+/t8-/m0/s1. The summed E-state index contributed by atoms with van der Waals surface area (Å²) in [5, 5.41) is 8.86. The molecular formula is C9H15N3O4. The summed E-state index contributed by atoms with van der Waals surface area (Å²) in [4.78, 5) is 26.9. The van der Waals surface area contributed by atoms with Crippen LogP contribution in [-0.4, -0.2) is 37.0 Å². The predicted octanol–water partition coefficient (Wildman–Crippen LogP) is 0.327. The number of hydrogen-bond donors (Lipinski definition) is 2. The normalized spacial score (nSPS) is 14.5. The van der Waals surface area contributed by atoms with Crippen molar-refractivity contribution >= 4 is 18.7 Å². The molecule has 0 radical (unpaired) electrons. The van der Waals surface area contributed by atoms with Crippen molar-refractivity contribution in [2.24, 2.45) is 15.7 Å². The number of hydrogen-bond acceptors (Lipinski definition) is 5. The van der Waals surface area contributed by atoms with Gasteiger partial charge in [-0.05, 0) is 6.92 Å². The maximum atomic E-state index is 10.8. The fraction of sp³-hybridized carbons (Fsp3) is 0.444. The molecule has 0 aromatic heterocycles. The van der Waals surface area contributed by atoms with Crippen LogP contribution >= 0.6 is 0 Å². The smallest absolute Gasteiger partial charge is 0.328 e. The highest BCUT2D eigenvalue weighted by Gasteiger charge is 2.17. The van der Waals surface area contributed by atoms with Crippen molar-refractivity contribution in [3.8, 4) is 0 Å². The lowest BCUT2D eigenvalue weighted by Crippen LogP contribution is -2.19. The lowest BCUT2D eigenvalue weighted by molar-refractivity contribution is -0.188. The molecule has 0 saturated carbocycles. The Hall–Kier alpha value is -1.89. The molecular weight excluding hydrogens is 214 g/mol. The van der Waals surface area contributed by atoms with Crippen LogP contribution in [0.2, 0.25) is 0 Å². The number of nitrogens with two attached hydrogens (primary N) is 1. The third-order valence-corrected chi connectivity index (χ3v) is 1.64. The lowest BCUT2D eigenvalue weighted by atomic mass is 10.1. The lowest BCUT2D eigenvalue weighted by Gasteiger charge is -2.06. The van der Waals surface area contributed by atoms with Gasteiger partial charge < -0.3 is 15.7 Å². The van der Waals surface area contributed by atoms with Gasteiger partial charge in [-0.25, -0.2) is 14.8 Å². The van der Waals surface area contributed by atoms with Gasteiger partial charge in [-0.15, -0.1) is 0 Å². The topological polar surface area (TPSA) is 106 Å². The second-order valence-electron chi connectivity index (χ2n) is 2.63. The van der Waals surface area contributed by atoms with Crippen molar-refractivity contribution in [3.63, 3.8) is 0 Å². The Bertz CT molecular complexity index is 299. The van der Waals surface area contributed by atoms with Crippen LogP contribution in [0, 0.1) is 0 Å². The SMILES string of the molecule is C/C=C(C[C@H](/N=C/OOC)C(=O)O)\N=C/N. The zero-order chi connectivity index (χ0) is 12.4. The summed E-state index contributed by atoms with van der Waals surface area (Å²) in [5.41, 5.74) is 5.65. The van der Waals surface area contributed by atoms with Crippen molar-refractivity contribution in [3.05, 3.63) is 11.8 Å². The molecule has 0 aromatic carbocycles. The highest BCUT2D eigenvalue weighted by atomic mass is 17.2. The van der Waals surface area contributed by atoms with Crippen LogP contribution in [0.3, 0.4) is 0 Å². The molecule has 0 saturated heterocycles. The number of allylic oxidation sites excluding steroid dienone is 1. The summed E-state index contributed by atoms with van der Waals surface area (Å²) >= 11 is 0. The molecule has 7 nitrogen and oxygen atoms in total. The third-order valence-electron chi connectivity index (χ3n) is 1.64. The monoisotopic (exact) mass is 229 g/mol. The molecule has 0 aromatic rings. The molecule has 0 aliphatic rings. The van der Waals surface area contributed by atoms with E-state index in [9.17, 15) is 4.79 Å². The summed E-state index contributed by atoms with van der Waals surface area (Å²) in [6, 6.07) is -0.981. The van der Waals surface area contributed by atoms with Crippen LogP contribution in [0.25, 0.3) is 0 Å². The van der Waals surface area contributed by atoms with Crippen LogP contribution in [0.1, 0.15) is 13.3 Å². The quantitative estimate of drug-likeness (QED) is 0.283. The van der Waals surface area contributed by atoms with Gasteiger partial charge in [-0.1, -0.05) is 6.08 Å². The molecule has 3 N–H and O–H groups in total. The average molecular weight is 229 g/mol. The molecule has 0 aliphatic carbocycles. The Labute approximate surface area is 93.2 Å². The fourth-order valence-corrected chi connectivity index (χ4v) is 0.884. The number of aliphatic carboxylic acids is 1. The summed E-state index contributed by atoms with van der Waals surface area (Å²) in [7, 11) is 1.29. The minimum Gasteiger partial charge on any atom is -0.480 e. The highest BCUT2D eigenvalue weighted by molar-refractivity contribution is 5.75. The molecule has 1 atom stereocenters. The van der Waals surface area contributed by atoms with Gasteiger partial charge >= 0.3 is 5.97 Å². The Morgan fingerprint density at radius 3 is 2.75 bits per heavy atom. The maximum Gasteiger partial charge on any atom is 0.328 e. The molecule has 0 rings (SSSR count). The van der Waals surface area contributed by atoms with Crippen LogP contribution in [-0.2, 0) is 14.6 Å². The van der Waals surface area contributed by atoms with E-state index in [1.54, 1.807) is 13.0 Å². The van der Waals surface area contributed by atoms with Crippen LogP contribution in [0.5, 0.6) is 0 Å². The number of carbonyl (C=O) groups is 1. The van der Waals surface area contributed by atoms with E-state index in [0.717, 1.165) is 12.7 Å². The molecule has 90 valence electrons. The maximum absolute atomic E-state index is 10.8. The fourth-order valence-electron chi connectivity index (χ4n) is 0.884. The minimum atomic E-state index is -1.08. The average Bonchev–Trinajstić information content (AvgIpc) is 2.26. The Morgan fingerprint density at radius 2 is 2.31 bits per heavy atom. The zero-order valence-electron chi connectivity index (χ0n) is 9.16. The molecule has 0 heterocycles. The summed E-state index contributed by atoms with van der Waals surface area (Å²) in [6.07, 6.45) is 3.82. The molecule has 0 bridgehead atoms. The first-order chi connectivity index (χ1) is 7.65. The van der Waals surface area contributed by atoms with Crippen LogP contribution < -0.4 is 5.73 Å². The number of carboxylic acid groups (broad SMARTS) is 1. The number of rotatable bonds is 7. The van der Waals surface area contributed by atoms with E-state index in [4.69, 9.17) is 10.8 Å². The predicted molar refractivity (Wildman–Crippen MR) is 59.1 cm³/mol. The van der Waals surface area contributed by atoms with Gasteiger partial charge in [0, 0.05) is 12.1 Å². The van der Waals surface area contributed by atoms with Gasteiger partial charge in [-0.2, -0.15) is 4.89 Å². The first-order valence-corrected chi connectivity index (χ1v) is 4.49. The van der Waals surface area contributed by atoms with E-state index in [2.05, 4.69) is 19.8 Å². The molecule has 7 heteroatoms. The van der Waals surface area contributed by atoms with Crippen molar-refractivity contribution < 1.29 is 19.7 Å². The minimum absolute atomic E-state index is 0.128. The Kier molecular flexibility index (Phi) is 7.43. The number of aliphatic imine (C=N–C) groups is 2. The molecule has 0 spiro atoms. The van der Waals surface area contributed by atoms with Crippen LogP contribution in [0.15, 0.2) is 21.8 Å². The molecule has 0 fully saturated rings. The molecule has 16 heavy (non-hydrogen) atoms. The van der Waals surface area contributed by atoms with Gasteiger partial charge in [0.15, 0.2) is 6.04 Å². The van der Waals surface area contributed by atoms with E-state index in [1.807, 2.05) is 0 Å². The first-order valence-electron chi connectivity index (χ1n) is 4.49. The van der Waals surface area contributed by atoms with Gasteiger partial charge in [0.1, 0.15) is 0 Å². The van der Waals surface area contributed by atoms with E-state index in [-0.39, 0.29) is 6.42 Å². The van der Waals surface area contributed by atoms with Crippen molar-refractivity contribution in [2.75, 3.05) is 7.11 Å². The van der Waals surface area contributed by atoms with Crippen molar-refractivity contribution in [1.82, 2.24) is 0 Å². The largest absolute Gasteiger partial charge is 0.480 e. The summed E-state index contributed by atoms with van der Waals surface area (Å²) in [5.74, 6) is -1.08. The summed E-state index contributed by atoms with van der Waals surface area (Å²) < 4.78 is 0. The van der Waals surface area contributed by atoms with Gasteiger partial charge in [0.2, 0.25) is 6.40 Å². The summed E-state index contributed by atoms with van der Waals surface area (Å²) in [6.45, 7) is 1.73. The van der Waals surface area contributed by atoms with Crippen LogP contribution in [0.4, 0.5) is 0 Å². The molecule has 0 amide bonds. The van der Waals surface area contributed by atoms with Crippen molar-refractivity contribution in [1.29, 1.82) is 0 Å². The van der Waals surface area contributed by atoms with E-state index in [1.165, 1.54) is 7.11 Å². The Balaban J connectivity index is 4.50.